The zero-order valence-electron chi connectivity index (χ0n) is 20.9. The van der Waals surface area contributed by atoms with Gasteiger partial charge in [-0.1, -0.05) is 74.6 Å². The highest BCUT2D eigenvalue weighted by molar-refractivity contribution is 7.19. The third-order valence-electron chi connectivity index (χ3n) is 5.34. The van der Waals surface area contributed by atoms with Crippen molar-refractivity contribution in [1.29, 1.82) is 0 Å². The van der Waals surface area contributed by atoms with E-state index in [0.717, 1.165) is 29.1 Å². The molecule has 8 nitrogen and oxygen atoms in total. The number of rotatable bonds is 9. The molecule has 1 amide bonds. The highest BCUT2D eigenvalue weighted by atomic mass is 32.1. The molecular weight excluding hydrogens is 510 g/mol. The Morgan fingerprint density at radius 1 is 1.00 bits per heavy atom. The van der Waals surface area contributed by atoms with Crippen LogP contribution in [-0.4, -0.2) is 22.4 Å². The molecule has 0 fully saturated rings. The first-order valence-corrected chi connectivity index (χ1v) is 13.4. The molecule has 4 aromatic rings. The third-order valence-corrected chi connectivity index (χ3v) is 7.23. The minimum atomic E-state index is -0.519. The Kier molecular flexibility index (Phi) is 7.89. The summed E-state index contributed by atoms with van der Waals surface area (Å²) < 4.78 is 11.8. The van der Waals surface area contributed by atoms with Gasteiger partial charge in [0, 0.05) is 11.6 Å². The number of nitro groups is 1. The monoisotopic (exact) mass is 537 g/mol. The number of thiophene rings is 1. The summed E-state index contributed by atoms with van der Waals surface area (Å²) in [5.41, 5.74) is 2.62. The van der Waals surface area contributed by atoms with Gasteiger partial charge in [0.2, 0.25) is 5.06 Å². The van der Waals surface area contributed by atoms with Crippen molar-refractivity contribution in [3.8, 4) is 27.8 Å². The van der Waals surface area contributed by atoms with Crippen molar-refractivity contribution in [3.05, 3.63) is 81.2 Å². The lowest BCUT2D eigenvalue weighted by molar-refractivity contribution is -0.380. The van der Waals surface area contributed by atoms with Crippen molar-refractivity contribution in [1.82, 2.24) is 4.98 Å². The van der Waals surface area contributed by atoms with E-state index in [9.17, 15) is 14.9 Å². The Balaban J connectivity index is 1.62. The average molecular weight is 538 g/mol. The Morgan fingerprint density at radius 3 is 2.27 bits per heavy atom. The van der Waals surface area contributed by atoms with Crippen molar-refractivity contribution in [2.75, 3.05) is 11.9 Å². The SMILES string of the molecule is CCCOc1ccc(Oc2sc(NC(=O)c3ccc([N+](=O)[O-])s3)nc2-c2ccc(C(C)(C)C)cc2)cc1. The lowest BCUT2D eigenvalue weighted by atomic mass is 9.86. The van der Waals surface area contributed by atoms with E-state index >= 15 is 0 Å². The number of benzene rings is 2. The quantitative estimate of drug-likeness (QED) is 0.172. The second kappa shape index (κ2) is 11.1. The lowest BCUT2D eigenvalue weighted by Crippen LogP contribution is -2.10. The van der Waals surface area contributed by atoms with E-state index < -0.39 is 10.8 Å². The van der Waals surface area contributed by atoms with Crippen LogP contribution in [0.25, 0.3) is 11.3 Å². The summed E-state index contributed by atoms with van der Waals surface area (Å²) in [6, 6.07) is 18.1. The van der Waals surface area contributed by atoms with E-state index in [1.54, 1.807) is 0 Å². The van der Waals surface area contributed by atoms with Crippen LogP contribution < -0.4 is 14.8 Å². The molecule has 0 bridgehead atoms. The minimum Gasteiger partial charge on any atom is -0.494 e. The Morgan fingerprint density at radius 2 is 1.68 bits per heavy atom. The van der Waals surface area contributed by atoms with Crippen LogP contribution in [0, 0.1) is 10.1 Å². The Hall–Kier alpha value is -3.76. The number of hydrogen-bond acceptors (Lipinski definition) is 8. The van der Waals surface area contributed by atoms with Gasteiger partial charge in [0.15, 0.2) is 5.13 Å². The molecule has 1 N–H and O–H groups in total. The van der Waals surface area contributed by atoms with Gasteiger partial charge in [-0.05, 0) is 47.7 Å². The summed E-state index contributed by atoms with van der Waals surface area (Å²) in [5, 5.41) is 14.5. The number of thiazole rings is 1. The van der Waals surface area contributed by atoms with Crippen molar-refractivity contribution in [3.63, 3.8) is 0 Å². The first kappa shape index (κ1) is 26.3. The number of nitrogens with one attached hydrogen (secondary N) is 1. The van der Waals surface area contributed by atoms with Crippen molar-refractivity contribution in [2.24, 2.45) is 0 Å². The summed E-state index contributed by atoms with van der Waals surface area (Å²) in [4.78, 5) is 28.1. The second-order valence-electron chi connectivity index (χ2n) is 9.25. The molecule has 0 spiro atoms. The lowest BCUT2D eigenvalue weighted by Gasteiger charge is -2.19. The number of carbonyl (C=O) groups excluding carboxylic acids is 1. The molecule has 2 aromatic heterocycles. The molecule has 10 heteroatoms. The highest BCUT2D eigenvalue weighted by Gasteiger charge is 2.21. The van der Waals surface area contributed by atoms with Crippen molar-refractivity contribution >= 4 is 38.7 Å². The maximum absolute atomic E-state index is 12.7. The molecular formula is C27H27N3O5S2. The van der Waals surface area contributed by atoms with E-state index in [4.69, 9.17) is 9.47 Å². The summed E-state index contributed by atoms with van der Waals surface area (Å²) in [6.45, 7) is 9.13. The van der Waals surface area contributed by atoms with Gasteiger partial charge in [-0.2, -0.15) is 0 Å². The molecule has 0 aliphatic heterocycles. The first-order valence-electron chi connectivity index (χ1n) is 11.7. The second-order valence-corrected chi connectivity index (χ2v) is 11.3. The molecule has 0 saturated carbocycles. The van der Waals surface area contributed by atoms with Gasteiger partial charge in [0.25, 0.3) is 5.91 Å². The third kappa shape index (κ3) is 6.52. The first-order chi connectivity index (χ1) is 17.6. The molecule has 37 heavy (non-hydrogen) atoms. The van der Waals surface area contributed by atoms with Crippen LogP contribution in [0.4, 0.5) is 10.1 Å². The van der Waals surface area contributed by atoms with E-state index in [0.29, 0.717) is 28.2 Å². The minimum absolute atomic E-state index is 0.00395. The fraction of sp³-hybridized carbons (Fsp3) is 0.259. The zero-order chi connectivity index (χ0) is 26.6. The van der Waals surface area contributed by atoms with Crippen LogP contribution in [0.3, 0.4) is 0 Å². The molecule has 0 saturated heterocycles. The van der Waals surface area contributed by atoms with Gasteiger partial charge < -0.3 is 9.47 Å². The number of hydrogen-bond donors (Lipinski definition) is 1. The number of carbonyl (C=O) groups is 1. The standard InChI is InChI=1S/C27H27N3O5S2/c1-5-16-34-19-10-12-20(13-11-19)35-25-23(17-6-8-18(9-7-17)27(2,3)4)28-26(37-25)29-24(31)21-14-15-22(36-21)30(32)33/h6-15H,5,16H2,1-4H3,(H,28,29,31). The van der Waals surface area contributed by atoms with Gasteiger partial charge >= 0.3 is 5.00 Å². The Bertz CT molecular complexity index is 1390. The predicted molar refractivity (Wildman–Crippen MR) is 147 cm³/mol. The van der Waals surface area contributed by atoms with Gasteiger partial charge in [0.05, 0.1) is 16.4 Å². The van der Waals surface area contributed by atoms with E-state index in [1.807, 2.05) is 43.3 Å². The van der Waals surface area contributed by atoms with Crippen molar-refractivity contribution < 1.29 is 19.2 Å². The average Bonchev–Trinajstić information content (AvgIpc) is 3.51. The van der Waals surface area contributed by atoms with E-state index in [1.165, 1.54) is 29.0 Å². The fourth-order valence-corrected chi connectivity index (χ4v) is 4.95. The summed E-state index contributed by atoms with van der Waals surface area (Å²) >= 11 is 2.00. The Labute approximate surface area is 223 Å². The number of ether oxygens (including phenoxy) is 2. The van der Waals surface area contributed by atoms with E-state index in [2.05, 4.69) is 43.2 Å². The molecule has 0 radical (unpaired) electrons. The molecule has 2 aromatic carbocycles. The predicted octanol–water partition coefficient (Wildman–Crippen LogP) is 7.91. The van der Waals surface area contributed by atoms with Crippen LogP contribution in [0.5, 0.6) is 16.6 Å². The smallest absolute Gasteiger partial charge is 0.324 e. The summed E-state index contributed by atoms with van der Waals surface area (Å²) in [6.07, 6.45) is 0.920. The molecule has 4 rings (SSSR count). The molecule has 0 aliphatic rings. The van der Waals surface area contributed by atoms with Crippen LogP contribution >= 0.6 is 22.7 Å². The molecule has 2 heterocycles. The number of nitrogens with zero attached hydrogens (tertiary/aromatic N) is 2. The fourth-order valence-electron chi connectivity index (χ4n) is 3.38. The topological polar surface area (TPSA) is 104 Å². The molecule has 192 valence electrons. The number of aromatic nitrogens is 1. The van der Waals surface area contributed by atoms with E-state index in [-0.39, 0.29) is 15.3 Å². The van der Waals surface area contributed by atoms with Crippen molar-refractivity contribution in [2.45, 2.75) is 39.5 Å². The maximum Gasteiger partial charge on any atom is 0.324 e. The molecule has 0 atom stereocenters. The van der Waals surface area contributed by atoms with Gasteiger partial charge in [-0.3, -0.25) is 20.2 Å². The largest absolute Gasteiger partial charge is 0.494 e. The van der Waals surface area contributed by atoms with Crippen LogP contribution in [0.1, 0.15) is 49.4 Å². The maximum atomic E-state index is 12.7. The summed E-state index contributed by atoms with van der Waals surface area (Å²) in [5.74, 6) is 0.895. The van der Waals surface area contributed by atoms with Gasteiger partial charge in [-0.15, -0.1) is 0 Å². The van der Waals surface area contributed by atoms with Gasteiger partial charge in [0.1, 0.15) is 17.2 Å². The highest BCUT2D eigenvalue weighted by Crippen LogP contribution is 2.41. The van der Waals surface area contributed by atoms with Crippen LogP contribution in [-0.2, 0) is 5.41 Å². The molecule has 0 aliphatic carbocycles. The van der Waals surface area contributed by atoms with Gasteiger partial charge in [-0.25, -0.2) is 4.98 Å². The normalized spacial score (nSPS) is 11.2. The number of amides is 1. The summed E-state index contributed by atoms with van der Waals surface area (Å²) in [7, 11) is 0. The zero-order valence-corrected chi connectivity index (χ0v) is 22.6. The van der Waals surface area contributed by atoms with Crippen LogP contribution in [0.15, 0.2) is 60.7 Å². The van der Waals surface area contributed by atoms with Crippen LogP contribution in [0.2, 0.25) is 0 Å². The number of anilines is 1. The molecule has 0 unspecified atom stereocenters.